The van der Waals surface area contributed by atoms with Gasteiger partial charge < -0.3 is 20.6 Å². The van der Waals surface area contributed by atoms with Crippen LogP contribution in [-0.2, 0) is 16.1 Å². The topological polar surface area (TPSA) is 94.6 Å². The highest BCUT2D eigenvalue weighted by atomic mass is 32.1. The van der Waals surface area contributed by atoms with Gasteiger partial charge in [0, 0.05) is 18.7 Å². The lowest BCUT2D eigenvalue weighted by molar-refractivity contribution is -0.142. The van der Waals surface area contributed by atoms with E-state index in [1.165, 1.54) is 11.3 Å². The zero-order valence-corrected chi connectivity index (χ0v) is 19.7. The predicted octanol–water partition coefficient (Wildman–Crippen LogP) is 3.07. The molecule has 31 heavy (non-hydrogen) atoms. The maximum absolute atomic E-state index is 13.1. The van der Waals surface area contributed by atoms with Crippen molar-refractivity contribution in [1.82, 2.24) is 20.5 Å². The van der Waals surface area contributed by atoms with Gasteiger partial charge in [0.2, 0.25) is 11.8 Å². The van der Waals surface area contributed by atoms with E-state index in [0.29, 0.717) is 18.5 Å². The number of phenols is 1. The Morgan fingerprint density at radius 3 is 2.68 bits per heavy atom. The zero-order chi connectivity index (χ0) is 22.8. The first-order valence-electron chi connectivity index (χ1n) is 10.6. The Labute approximate surface area is 187 Å². The van der Waals surface area contributed by atoms with E-state index in [4.69, 9.17) is 0 Å². The number of aryl methyl sites for hydroxylation is 1. The van der Waals surface area contributed by atoms with E-state index in [0.717, 1.165) is 22.6 Å². The first-order chi connectivity index (χ1) is 14.6. The van der Waals surface area contributed by atoms with Crippen LogP contribution in [0, 0.1) is 12.3 Å². The van der Waals surface area contributed by atoms with Crippen molar-refractivity contribution in [3.63, 3.8) is 0 Å². The molecule has 1 aliphatic rings. The number of thiazole rings is 1. The molecule has 0 spiro atoms. The van der Waals surface area contributed by atoms with Crippen LogP contribution in [0.15, 0.2) is 23.7 Å². The van der Waals surface area contributed by atoms with Gasteiger partial charge in [0.1, 0.15) is 11.8 Å². The maximum Gasteiger partial charge on any atom is 0.243 e. The number of rotatable bonds is 6. The lowest BCUT2D eigenvalue weighted by Gasteiger charge is -2.34. The molecule has 2 aromatic rings. The van der Waals surface area contributed by atoms with Gasteiger partial charge in [-0.15, -0.1) is 11.3 Å². The fourth-order valence-electron chi connectivity index (χ4n) is 4.13. The van der Waals surface area contributed by atoms with Crippen LogP contribution in [0.1, 0.15) is 44.9 Å². The highest BCUT2D eigenvalue weighted by Crippen LogP contribution is 2.31. The number of aromatic hydroxyl groups is 1. The molecule has 2 heterocycles. The number of amides is 2. The summed E-state index contributed by atoms with van der Waals surface area (Å²) >= 11 is 1.53. The van der Waals surface area contributed by atoms with Crippen molar-refractivity contribution in [2.75, 3.05) is 13.6 Å². The second-order valence-electron chi connectivity index (χ2n) is 9.11. The summed E-state index contributed by atoms with van der Waals surface area (Å²) in [5, 5.41) is 16.5. The number of hydrogen-bond acceptors (Lipinski definition) is 6. The van der Waals surface area contributed by atoms with Crippen molar-refractivity contribution >= 4 is 23.2 Å². The summed E-state index contributed by atoms with van der Waals surface area (Å²) in [5.41, 5.74) is 3.99. The standard InChI is InChI=1S/C23H32N4O3S/c1-14-19(31-13-26-14)15-8-9-16(18(28)11-15)12-25-21(29)17-7-6-10-27(17)22(30)20(24-5)23(2,3)4/h8-9,11,13,17,20,24,28H,6-7,10,12H2,1-5H3,(H,25,29)/t17-,20+/m0/s1. The monoisotopic (exact) mass is 444 g/mol. The molecule has 0 aliphatic carbocycles. The number of carbonyl (C=O) groups is 2. The average molecular weight is 445 g/mol. The Balaban J connectivity index is 1.66. The van der Waals surface area contributed by atoms with E-state index in [9.17, 15) is 14.7 Å². The van der Waals surface area contributed by atoms with Crippen molar-refractivity contribution in [2.24, 2.45) is 5.41 Å². The van der Waals surface area contributed by atoms with Gasteiger partial charge in [-0.1, -0.05) is 32.9 Å². The summed E-state index contributed by atoms with van der Waals surface area (Å²) in [6.07, 6.45) is 1.45. The van der Waals surface area contributed by atoms with Crippen LogP contribution >= 0.6 is 11.3 Å². The molecule has 2 amide bonds. The fourth-order valence-corrected chi connectivity index (χ4v) is 4.93. The molecule has 0 saturated carbocycles. The Morgan fingerprint density at radius 2 is 2.10 bits per heavy atom. The number of phenolic OH excluding ortho intramolecular Hbond substituents is 1. The van der Waals surface area contributed by atoms with E-state index in [2.05, 4.69) is 15.6 Å². The minimum Gasteiger partial charge on any atom is -0.508 e. The highest BCUT2D eigenvalue weighted by molar-refractivity contribution is 7.13. The van der Waals surface area contributed by atoms with Crippen LogP contribution in [0.25, 0.3) is 10.4 Å². The lowest BCUT2D eigenvalue weighted by Crippen LogP contribution is -2.55. The second kappa shape index (κ2) is 9.36. The second-order valence-corrected chi connectivity index (χ2v) is 9.96. The molecule has 0 unspecified atom stereocenters. The third-order valence-electron chi connectivity index (χ3n) is 5.79. The molecular weight excluding hydrogens is 412 g/mol. The summed E-state index contributed by atoms with van der Waals surface area (Å²) in [6.45, 7) is 8.76. The van der Waals surface area contributed by atoms with Crippen molar-refractivity contribution in [1.29, 1.82) is 0 Å². The molecule has 3 rings (SSSR count). The highest BCUT2D eigenvalue weighted by Gasteiger charge is 2.40. The van der Waals surface area contributed by atoms with Gasteiger partial charge in [-0.25, -0.2) is 4.98 Å². The number of likely N-dealkylation sites (N-methyl/N-ethyl adjacent to an activating group) is 1. The van der Waals surface area contributed by atoms with Gasteiger partial charge in [-0.2, -0.15) is 0 Å². The number of carbonyl (C=O) groups excluding carboxylic acids is 2. The molecule has 1 saturated heterocycles. The minimum atomic E-state index is -0.480. The van der Waals surface area contributed by atoms with Crippen LogP contribution in [0.5, 0.6) is 5.75 Å². The molecule has 0 bridgehead atoms. The molecule has 7 nitrogen and oxygen atoms in total. The SMILES string of the molecule is CN[C@H](C(=O)N1CCC[C@H]1C(=O)NCc1ccc(-c2scnc2C)cc1O)C(C)(C)C. The first-order valence-corrected chi connectivity index (χ1v) is 11.5. The number of nitrogens with one attached hydrogen (secondary N) is 2. The largest absolute Gasteiger partial charge is 0.508 e. The molecule has 1 aliphatic heterocycles. The van der Waals surface area contributed by atoms with Gasteiger partial charge in [0.25, 0.3) is 0 Å². The van der Waals surface area contributed by atoms with Gasteiger partial charge in [-0.3, -0.25) is 9.59 Å². The molecule has 1 fully saturated rings. The van der Waals surface area contributed by atoms with Gasteiger partial charge in [-0.05, 0) is 43.9 Å². The maximum atomic E-state index is 13.1. The smallest absolute Gasteiger partial charge is 0.243 e. The summed E-state index contributed by atoms with van der Waals surface area (Å²) in [5.74, 6) is -0.0934. The van der Waals surface area contributed by atoms with Crippen LogP contribution in [0.4, 0.5) is 0 Å². The number of hydrogen-bond donors (Lipinski definition) is 3. The molecule has 2 atom stereocenters. The summed E-state index contributed by atoms with van der Waals surface area (Å²) in [7, 11) is 1.78. The van der Waals surface area contributed by atoms with Crippen LogP contribution in [0.2, 0.25) is 0 Å². The molecule has 168 valence electrons. The van der Waals surface area contributed by atoms with E-state index in [-0.39, 0.29) is 35.6 Å². The molecule has 0 radical (unpaired) electrons. The Kier molecular flexibility index (Phi) is 7.01. The zero-order valence-electron chi connectivity index (χ0n) is 18.9. The predicted molar refractivity (Wildman–Crippen MR) is 123 cm³/mol. The normalized spacial score (nSPS) is 17.6. The van der Waals surface area contributed by atoms with Crippen LogP contribution in [-0.4, -0.2) is 52.5 Å². The molecular formula is C23H32N4O3S. The Bertz CT molecular complexity index is 951. The summed E-state index contributed by atoms with van der Waals surface area (Å²) in [6, 6.07) is 4.61. The summed E-state index contributed by atoms with van der Waals surface area (Å²) in [4.78, 5) is 32.9. The van der Waals surface area contributed by atoms with Gasteiger partial charge >= 0.3 is 0 Å². The number of benzene rings is 1. The number of aromatic nitrogens is 1. The van der Waals surface area contributed by atoms with Gasteiger partial charge in [0.15, 0.2) is 0 Å². The summed E-state index contributed by atoms with van der Waals surface area (Å²) < 4.78 is 0. The van der Waals surface area contributed by atoms with Crippen molar-refractivity contribution in [2.45, 2.75) is 59.2 Å². The third kappa shape index (κ3) is 5.07. The van der Waals surface area contributed by atoms with E-state index >= 15 is 0 Å². The van der Waals surface area contributed by atoms with Crippen LogP contribution in [0.3, 0.4) is 0 Å². The van der Waals surface area contributed by atoms with E-state index < -0.39 is 6.04 Å². The van der Waals surface area contributed by atoms with Gasteiger partial charge in [0.05, 0.1) is 22.1 Å². The molecule has 8 heteroatoms. The Hall–Kier alpha value is -2.45. The lowest BCUT2D eigenvalue weighted by atomic mass is 9.86. The molecule has 1 aromatic carbocycles. The number of nitrogens with zero attached hydrogens (tertiary/aromatic N) is 2. The number of likely N-dealkylation sites (tertiary alicyclic amines) is 1. The quantitative estimate of drug-likeness (QED) is 0.637. The van der Waals surface area contributed by atoms with Crippen LogP contribution < -0.4 is 10.6 Å². The fraction of sp³-hybridized carbons (Fsp3) is 0.522. The van der Waals surface area contributed by atoms with Crippen molar-refractivity contribution in [3.05, 3.63) is 35.0 Å². The average Bonchev–Trinajstić information content (AvgIpc) is 3.35. The Morgan fingerprint density at radius 1 is 1.35 bits per heavy atom. The molecule has 3 N–H and O–H groups in total. The van der Waals surface area contributed by atoms with E-state index in [1.54, 1.807) is 23.5 Å². The third-order valence-corrected chi connectivity index (χ3v) is 6.76. The minimum absolute atomic E-state index is 0.0419. The molecule has 1 aromatic heterocycles. The first kappa shape index (κ1) is 23.2. The van der Waals surface area contributed by atoms with Crippen molar-refractivity contribution in [3.8, 4) is 16.2 Å². The van der Waals surface area contributed by atoms with E-state index in [1.807, 2.05) is 39.8 Å². The van der Waals surface area contributed by atoms with Crippen molar-refractivity contribution < 1.29 is 14.7 Å².